The average Bonchev–Trinajstić information content (AvgIpc) is 2.06. The van der Waals surface area contributed by atoms with E-state index in [1.807, 2.05) is 6.92 Å². The molecule has 0 saturated heterocycles. The second-order valence-electron chi connectivity index (χ2n) is 4.19. The Morgan fingerprint density at radius 1 is 1.47 bits per heavy atom. The molecule has 0 spiro atoms. The number of aliphatic carboxylic acids is 1. The molecule has 0 bridgehead atoms. The van der Waals surface area contributed by atoms with Crippen LogP contribution in [0.1, 0.15) is 39.5 Å². The number of rotatable bonds is 5. The van der Waals surface area contributed by atoms with E-state index >= 15 is 0 Å². The van der Waals surface area contributed by atoms with Gasteiger partial charge in [0.25, 0.3) is 0 Å². The minimum atomic E-state index is -0.858. The van der Waals surface area contributed by atoms with Crippen molar-refractivity contribution in [2.45, 2.75) is 45.6 Å². The minimum Gasteiger partial charge on any atom is -0.480 e. The number of carbonyl (C=O) groups excluding carboxylic acids is 1. The molecule has 0 heterocycles. The van der Waals surface area contributed by atoms with Crippen LogP contribution in [0.15, 0.2) is 0 Å². The number of hydrogen-bond donors (Lipinski definition) is 1. The Morgan fingerprint density at radius 2 is 2.07 bits per heavy atom. The van der Waals surface area contributed by atoms with E-state index in [0.29, 0.717) is 6.54 Å². The fourth-order valence-corrected chi connectivity index (χ4v) is 2.08. The second kappa shape index (κ2) is 5.14. The number of carbonyl (C=O) groups is 2. The first-order valence-electron chi connectivity index (χ1n) is 5.58. The minimum absolute atomic E-state index is 0.129. The van der Waals surface area contributed by atoms with E-state index in [1.165, 1.54) is 11.8 Å². The summed E-state index contributed by atoms with van der Waals surface area (Å²) in [6.45, 7) is 3.95. The highest BCUT2D eigenvalue weighted by molar-refractivity contribution is 5.82. The van der Waals surface area contributed by atoms with Crippen molar-refractivity contribution in [3.63, 3.8) is 0 Å². The van der Waals surface area contributed by atoms with E-state index < -0.39 is 12.0 Å². The van der Waals surface area contributed by atoms with Gasteiger partial charge in [0, 0.05) is 13.5 Å². The highest BCUT2D eigenvalue weighted by atomic mass is 16.4. The first-order valence-corrected chi connectivity index (χ1v) is 5.58. The van der Waals surface area contributed by atoms with Crippen LogP contribution in [0.25, 0.3) is 0 Å². The first-order chi connectivity index (χ1) is 7.07. The van der Waals surface area contributed by atoms with Gasteiger partial charge >= 0.3 is 5.97 Å². The summed E-state index contributed by atoms with van der Waals surface area (Å²) < 4.78 is 0. The monoisotopic (exact) mass is 213 g/mol. The number of hydrogen-bond acceptors (Lipinski definition) is 2. The number of carboxylic acids is 1. The Labute approximate surface area is 90.3 Å². The highest BCUT2D eigenvalue weighted by Crippen LogP contribution is 2.32. The molecule has 1 aliphatic rings. The Balaban J connectivity index is 2.73. The Kier molecular flexibility index (Phi) is 4.12. The van der Waals surface area contributed by atoms with Crippen LogP contribution >= 0.6 is 0 Å². The largest absolute Gasteiger partial charge is 0.480 e. The predicted molar refractivity (Wildman–Crippen MR) is 56.4 cm³/mol. The zero-order valence-corrected chi connectivity index (χ0v) is 9.40. The molecule has 1 aliphatic carbocycles. The van der Waals surface area contributed by atoms with Crippen molar-refractivity contribution in [3.8, 4) is 0 Å². The van der Waals surface area contributed by atoms with Crippen LogP contribution in [0.5, 0.6) is 0 Å². The van der Waals surface area contributed by atoms with Crippen LogP contribution in [-0.4, -0.2) is 34.5 Å². The molecular formula is C11H19NO3. The third-order valence-corrected chi connectivity index (χ3v) is 3.05. The molecule has 1 fully saturated rings. The number of nitrogens with zero attached hydrogens (tertiary/aromatic N) is 1. The van der Waals surface area contributed by atoms with Crippen LogP contribution in [-0.2, 0) is 9.59 Å². The van der Waals surface area contributed by atoms with Crippen LogP contribution in [0.3, 0.4) is 0 Å². The Hall–Kier alpha value is -1.06. The quantitative estimate of drug-likeness (QED) is 0.753. The zero-order valence-electron chi connectivity index (χ0n) is 9.40. The molecular weight excluding hydrogens is 194 g/mol. The van der Waals surface area contributed by atoms with Crippen LogP contribution in [0.2, 0.25) is 0 Å². The molecule has 4 nitrogen and oxygen atoms in total. The van der Waals surface area contributed by atoms with Crippen molar-refractivity contribution in [1.82, 2.24) is 4.90 Å². The summed E-state index contributed by atoms with van der Waals surface area (Å²) in [5.41, 5.74) is 0. The van der Waals surface area contributed by atoms with Gasteiger partial charge in [-0.2, -0.15) is 0 Å². The van der Waals surface area contributed by atoms with E-state index in [0.717, 1.165) is 25.7 Å². The molecule has 0 aromatic heterocycles. The fraction of sp³-hybridized carbons (Fsp3) is 0.818. The Morgan fingerprint density at radius 3 is 2.33 bits per heavy atom. The van der Waals surface area contributed by atoms with Crippen LogP contribution in [0, 0.1) is 5.92 Å². The average molecular weight is 213 g/mol. The standard InChI is InChI=1S/C11H19NO3/c1-3-7-12(8(2)13)10(11(14)15)9-5-4-6-9/h9-10H,3-7H2,1-2H3,(H,14,15). The topological polar surface area (TPSA) is 57.6 Å². The van der Waals surface area contributed by atoms with Crippen molar-refractivity contribution in [2.24, 2.45) is 5.92 Å². The smallest absolute Gasteiger partial charge is 0.326 e. The summed E-state index contributed by atoms with van der Waals surface area (Å²) in [4.78, 5) is 24.1. The van der Waals surface area contributed by atoms with Crippen molar-refractivity contribution >= 4 is 11.9 Å². The lowest BCUT2D eigenvalue weighted by molar-refractivity contribution is -0.153. The molecule has 0 aromatic rings. The van der Waals surface area contributed by atoms with E-state index in [1.54, 1.807) is 0 Å². The van der Waals surface area contributed by atoms with Crippen LogP contribution < -0.4 is 0 Å². The molecule has 1 rings (SSSR count). The van der Waals surface area contributed by atoms with Gasteiger partial charge in [-0.15, -0.1) is 0 Å². The van der Waals surface area contributed by atoms with Gasteiger partial charge in [0.2, 0.25) is 5.91 Å². The number of carboxylic acid groups (broad SMARTS) is 1. The van der Waals surface area contributed by atoms with Gasteiger partial charge < -0.3 is 10.0 Å². The molecule has 1 saturated carbocycles. The summed E-state index contributed by atoms with van der Waals surface area (Å²) in [7, 11) is 0. The highest BCUT2D eigenvalue weighted by Gasteiger charge is 2.37. The SMILES string of the molecule is CCCN(C(C)=O)C(C(=O)O)C1CCC1. The summed E-state index contributed by atoms with van der Waals surface area (Å²) in [6, 6.07) is -0.601. The van der Waals surface area contributed by atoms with Crippen molar-refractivity contribution in [2.75, 3.05) is 6.54 Å². The lowest BCUT2D eigenvalue weighted by Gasteiger charge is -2.38. The molecule has 1 N–H and O–H groups in total. The normalized spacial score (nSPS) is 18.0. The Bertz CT molecular complexity index is 248. The van der Waals surface area contributed by atoms with Gasteiger partial charge in [0.05, 0.1) is 0 Å². The van der Waals surface area contributed by atoms with E-state index in [9.17, 15) is 9.59 Å². The van der Waals surface area contributed by atoms with Gasteiger partial charge in [-0.3, -0.25) is 4.79 Å². The van der Waals surface area contributed by atoms with Crippen LogP contribution in [0.4, 0.5) is 0 Å². The third kappa shape index (κ3) is 2.70. The molecule has 0 aliphatic heterocycles. The van der Waals surface area contributed by atoms with Gasteiger partial charge in [-0.05, 0) is 25.2 Å². The van der Waals surface area contributed by atoms with Gasteiger partial charge in [0.1, 0.15) is 6.04 Å². The van der Waals surface area contributed by atoms with E-state index in [-0.39, 0.29) is 11.8 Å². The number of amides is 1. The summed E-state index contributed by atoms with van der Waals surface area (Å²) in [6.07, 6.45) is 3.76. The summed E-state index contributed by atoms with van der Waals surface area (Å²) in [5.74, 6) is -0.822. The van der Waals surface area contributed by atoms with Gasteiger partial charge in [0.15, 0.2) is 0 Å². The predicted octanol–water partition coefficient (Wildman–Crippen LogP) is 1.50. The second-order valence-corrected chi connectivity index (χ2v) is 4.19. The zero-order chi connectivity index (χ0) is 11.4. The molecule has 1 unspecified atom stereocenters. The maximum atomic E-state index is 11.4. The van der Waals surface area contributed by atoms with Gasteiger partial charge in [-0.1, -0.05) is 13.3 Å². The van der Waals surface area contributed by atoms with E-state index in [2.05, 4.69) is 0 Å². The lowest BCUT2D eigenvalue weighted by atomic mass is 9.79. The summed E-state index contributed by atoms with van der Waals surface area (Å²) in [5, 5.41) is 9.16. The molecule has 0 radical (unpaired) electrons. The van der Waals surface area contributed by atoms with Crippen molar-refractivity contribution in [1.29, 1.82) is 0 Å². The maximum Gasteiger partial charge on any atom is 0.326 e. The molecule has 4 heteroatoms. The molecule has 1 atom stereocenters. The molecule has 0 aromatic carbocycles. The fourth-order valence-electron chi connectivity index (χ4n) is 2.08. The summed E-state index contributed by atoms with van der Waals surface area (Å²) >= 11 is 0. The van der Waals surface area contributed by atoms with Crippen molar-refractivity contribution in [3.05, 3.63) is 0 Å². The molecule has 86 valence electrons. The third-order valence-electron chi connectivity index (χ3n) is 3.05. The lowest BCUT2D eigenvalue weighted by Crippen LogP contribution is -2.50. The molecule has 15 heavy (non-hydrogen) atoms. The molecule has 1 amide bonds. The maximum absolute atomic E-state index is 11.4. The first kappa shape index (κ1) is 12.0. The van der Waals surface area contributed by atoms with Crippen molar-refractivity contribution < 1.29 is 14.7 Å². The van der Waals surface area contributed by atoms with E-state index in [4.69, 9.17) is 5.11 Å². The van der Waals surface area contributed by atoms with Gasteiger partial charge in [-0.25, -0.2) is 4.79 Å².